The van der Waals surface area contributed by atoms with E-state index in [0.29, 0.717) is 5.56 Å². The molecule has 1 fully saturated rings. The maximum atomic E-state index is 11.6. The minimum absolute atomic E-state index is 0.0710. The monoisotopic (exact) mass is 380 g/mol. The number of carbonyl (C=O) groups excluding carboxylic acids is 2. The molecule has 28 heavy (non-hydrogen) atoms. The summed E-state index contributed by atoms with van der Waals surface area (Å²) in [7, 11) is 1.63. The third-order valence-electron chi connectivity index (χ3n) is 5.15. The molecule has 0 saturated carbocycles. The molecule has 1 heterocycles. The quantitative estimate of drug-likeness (QED) is 0.805. The van der Waals surface area contributed by atoms with Gasteiger partial charge in [0.05, 0.1) is 0 Å². The van der Waals surface area contributed by atoms with E-state index in [4.69, 9.17) is 0 Å². The topological polar surface area (TPSA) is 64.7 Å². The zero-order valence-corrected chi connectivity index (χ0v) is 16.6. The Morgan fingerprint density at radius 1 is 0.929 bits per heavy atom. The maximum absolute atomic E-state index is 11.6. The fourth-order valence-corrected chi connectivity index (χ4v) is 3.49. The number of hydrogen-bond acceptors (Lipinski definition) is 4. The average Bonchev–Trinajstić information content (AvgIpc) is 2.74. The minimum Gasteiger partial charge on any atom is -0.368 e. The molecule has 0 atom stereocenters. The van der Waals surface area contributed by atoms with Gasteiger partial charge in [0.25, 0.3) is 5.91 Å². The molecule has 0 spiro atoms. The molecule has 1 aliphatic rings. The van der Waals surface area contributed by atoms with Crippen LogP contribution in [-0.2, 0) is 17.9 Å². The Labute approximate surface area is 166 Å². The highest BCUT2D eigenvalue weighted by molar-refractivity contribution is 5.93. The molecule has 6 nitrogen and oxygen atoms in total. The molecule has 0 aromatic heterocycles. The van der Waals surface area contributed by atoms with E-state index in [0.717, 1.165) is 44.8 Å². The lowest BCUT2D eigenvalue weighted by molar-refractivity contribution is -0.129. The lowest BCUT2D eigenvalue weighted by Crippen LogP contribution is -2.48. The van der Waals surface area contributed by atoms with Crippen molar-refractivity contribution in [3.63, 3.8) is 0 Å². The van der Waals surface area contributed by atoms with Crippen LogP contribution in [0.3, 0.4) is 0 Å². The van der Waals surface area contributed by atoms with Crippen LogP contribution in [-0.4, -0.2) is 49.9 Å². The highest BCUT2D eigenvalue weighted by atomic mass is 16.2. The average molecular weight is 380 g/mol. The second-order valence-electron chi connectivity index (χ2n) is 7.00. The van der Waals surface area contributed by atoms with Crippen molar-refractivity contribution in [3.05, 3.63) is 65.2 Å². The van der Waals surface area contributed by atoms with Crippen LogP contribution in [0.2, 0.25) is 0 Å². The first-order valence-corrected chi connectivity index (χ1v) is 9.68. The summed E-state index contributed by atoms with van der Waals surface area (Å²) >= 11 is 0. The fourth-order valence-electron chi connectivity index (χ4n) is 3.49. The van der Waals surface area contributed by atoms with Crippen molar-refractivity contribution < 1.29 is 9.59 Å². The smallest absolute Gasteiger partial charge is 0.251 e. The standard InChI is InChI=1S/C22H28N4O2/c1-17(27)25-11-13-26(14-12-25)21-6-4-3-5-20(21)16-24-15-18-7-9-19(10-8-18)22(28)23-2/h3-10,24H,11-16H2,1-2H3,(H,23,28). The molecular formula is C22H28N4O2. The predicted molar refractivity (Wildman–Crippen MR) is 111 cm³/mol. The van der Waals surface area contributed by atoms with Gasteiger partial charge in [-0.3, -0.25) is 9.59 Å². The number of para-hydroxylation sites is 1. The molecule has 0 bridgehead atoms. The van der Waals surface area contributed by atoms with Crippen LogP contribution in [0.4, 0.5) is 5.69 Å². The number of amides is 2. The Morgan fingerprint density at radius 2 is 1.61 bits per heavy atom. The van der Waals surface area contributed by atoms with Crippen molar-refractivity contribution in [2.24, 2.45) is 0 Å². The normalized spacial score (nSPS) is 14.1. The molecule has 1 saturated heterocycles. The maximum Gasteiger partial charge on any atom is 0.251 e. The van der Waals surface area contributed by atoms with E-state index < -0.39 is 0 Å². The van der Waals surface area contributed by atoms with E-state index in [1.54, 1.807) is 14.0 Å². The van der Waals surface area contributed by atoms with Crippen LogP contribution in [0.15, 0.2) is 48.5 Å². The van der Waals surface area contributed by atoms with Crippen molar-refractivity contribution in [2.75, 3.05) is 38.1 Å². The van der Waals surface area contributed by atoms with Gasteiger partial charge in [0.2, 0.25) is 5.91 Å². The molecular weight excluding hydrogens is 352 g/mol. The zero-order chi connectivity index (χ0) is 19.9. The number of benzene rings is 2. The summed E-state index contributed by atoms with van der Waals surface area (Å²) < 4.78 is 0. The summed E-state index contributed by atoms with van der Waals surface area (Å²) in [6.07, 6.45) is 0. The van der Waals surface area contributed by atoms with Crippen LogP contribution in [0.25, 0.3) is 0 Å². The van der Waals surface area contributed by atoms with Crippen LogP contribution < -0.4 is 15.5 Å². The molecule has 0 unspecified atom stereocenters. The van der Waals surface area contributed by atoms with E-state index in [2.05, 4.69) is 39.8 Å². The van der Waals surface area contributed by atoms with E-state index in [-0.39, 0.29) is 11.8 Å². The summed E-state index contributed by atoms with van der Waals surface area (Å²) in [6.45, 7) is 6.40. The van der Waals surface area contributed by atoms with Gasteiger partial charge in [-0.2, -0.15) is 0 Å². The van der Waals surface area contributed by atoms with E-state index in [9.17, 15) is 9.59 Å². The number of piperazine rings is 1. The van der Waals surface area contributed by atoms with Crippen LogP contribution in [0, 0.1) is 0 Å². The van der Waals surface area contributed by atoms with E-state index in [1.807, 2.05) is 29.2 Å². The van der Waals surface area contributed by atoms with Crippen molar-refractivity contribution in [2.45, 2.75) is 20.0 Å². The van der Waals surface area contributed by atoms with Gasteiger partial charge in [0.1, 0.15) is 0 Å². The first kappa shape index (κ1) is 19.9. The van der Waals surface area contributed by atoms with Crippen LogP contribution >= 0.6 is 0 Å². The summed E-state index contributed by atoms with van der Waals surface area (Å²) in [6, 6.07) is 16.1. The number of rotatable bonds is 6. The number of anilines is 1. The largest absolute Gasteiger partial charge is 0.368 e. The van der Waals surface area contributed by atoms with Crippen molar-refractivity contribution in [1.82, 2.24) is 15.5 Å². The highest BCUT2D eigenvalue weighted by Crippen LogP contribution is 2.22. The second kappa shape index (κ2) is 9.37. The first-order valence-electron chi connectivity index (χ1n) is 9.68. The van der Waals surface area contributed by atoms with Gasteiger partial charge >= 0.3 is 0 Å². The Morgan fingerprint density at radius 3 is 2.25 bits per heavy atom. The number of nitrogens with zero attached hydrogens (tertiary/aromatic N) is 2. The Kier molecular flexibility index (Phi) is 6.66. The Bertz CT molecular complexity index is 812. The third kappa shape index (κ3) is 4.89. The number of nitrogens with one attached hydrogen (secondary N) is 2. The molecule has 3 rings (SSSR count). The lowest BCUT2D eigenvalue weighted by atomic mass is 10.1. The number of carbonyl (C=O) groups is 2. The predicted octanol–water partition coefficient (Wildman–Crippen LogP) is 2.00. The molecule has 2 amide bonds. The summed E-state index contributed by atoms with van der Waals surface area (Å²) in [5, 5.41) is 6.13. The summed E-state index contributed by atoms with van der Waals surface area (Å²) in [5.41, 5.74) is 4.29. The van der Waals surface area contributed by atoms with Crippen LogP contribution in [0.5, 0.6) is 0 Å². The van der Waals surface area contributed by atoms with Gasteiger partial charge in [-0.15, -0.1) is 0 Å². The van der Waals surface area contributed by atoms with Gasteiger partial charge < -0.3 is 20.4 Å². The molecule has 2 aromatic carbocycles. The highest BCUT2D eigenvalue weighted by Gasteiger charge is 2.20. The van der Waals surface area contributed by atoms with E-state index in [1.165, 1.54) is 11.3 Å². The molecule has 0 aliphatic carbocycles. The van der Waals surface area contributed by atoms with Crippen LogP contribution in [0.1, 0.15) is 28.4 Å². The Balaban J connectivity index is 1.57. The molecule has 1 aliphatic heterocycles. The van der Waals surface area contributed by atoms with Gasteiger partial charge in [-0.05, 0) is 29.3 Å². The third-order valence-corrected chi connectivity index (χ3v) is 5.15. The van der Waals surface area contributed by atoms with Crippen molar-refractivity contribution >= 4 is 17.5 Å². The van der Waals surface area contributed by atoms with E-state index >= 15 is 0 Å². The number of hydrogen-bond donors (Lipinski definition) is 2. The van der Waals surface area contributed by atoms with Gasteiger partial charge in [0, 0.05) is 64.5 Å². The van der Waals surface area contributed by atoms with Gasteiger partial charge in [0.15, 0.2) is 0 Å². The SMILES string of the molecule is CNC(=O)c1ccc(CNCc2ccccc2N2CCN(C(C)=O)CC2)cc1. The summed E-state index contributed by atoms with van der Waals surface area (Å²) in [4.78, 5) is 27.4. The Hall–Kier alpha value is -2.86. The molecule has 0 radical (unpaired) electrons. The van der Waals surface area contributed by atoms with Gasteiger partial charge in [-0.25, -0.2) is 0 Å². The molecule has 6 heteroatoms. The zero-order valence-electron chi connectivity index (χ0n) is 16.6. The molecule has 2 N–H and O–H groups in total. The minimum atomic E-state index is -0.0710. The molecule has 148 valence electrons. The summed E-state index contributed by atoms with van der Waals surface area (Å²) in [5.74, 6) is 0.0790. The van der Waals surface area contributed by atoms with Gasteiger partial charge in [-0.1, -0.05) is 30.3 Å². The molecule has 2 aromatic rings. The first-order chi connectivity index (χ1) is 13.6. The fraction of sp³-hybridized carbons (Fsp3) is 0.364. The lowest BCUT2D eigenvalue weighted by Gasteiger charge is -2.36. The second-order valence-corrected chi connectivity index (χ2v) is 7.00. The van der Waals surface area contributed by atoms with Crippen molar-refractivity contribution in [1.29, 1.82) is 0 Å². The van der Waals surface area contributed by atoms with Crippen molar-refractivity contribution in [3.8, 4) is 0 Å².